The number of likely N-dealkylation sites (N-methyl/N-ethyl adjacent to an activating group) is 1. The van der Waals surface area contributed by atoms with Crippen molar-refractivity contribution in [1.82, 2.24) is 10.2 Å². The number of hydrogen-bond donors (Lipinski definition) is 1. The van der Waals surface area contributed by atoms with Crippen LogP contribution in [-0.4, -0.2) is 31.1 Å². The van der Waals surface area contributed by atoms with Gasteiger partial charge in [-0.2, -0.15) is 0 Å². The molecule has 2 heteroatoms. The van der Waals surface area contributed by atoms with E-state index in [9.17, 15) is 0 Å². The predicted octanol–water partition coefficient (Wildman–Crippen LogP) is 2.82. The number of piperidine rings is 1. The molecule has 1 aromatic carbocycles. The van der Waals surface area contributed by atoms with Crippen molar-refractivity contribution in [2.24, 2.45) is 0 Å². The Balaban J connectivity index is 1.81. The van der Waals surface area contributed by atoms with Gasteiger partial charge in [-0.25, -0.2) is 0 Å². The van der Waals surface area contributed by atoms with Crippen LogP contribution in [0, 0.1) is 0 Å². The Morgan fingerprint density at radius 3 is 2.76 bits per heavy atom. The molecular formula is C15H24N2. The Kier molecular flexibility index (Phi) is 4.57. The lowest BCUT2D eigenvalue weighted by Crippen LogP contribution is -2.43. The molecule has 1 aliphatic heterocycles. The van der Waals surface area contributed by atoms with Crippen LogP contribution in [0.5, 0.6) is 0 Å². The van der Waals surface area contributed by atoms with Crippen LogP contribution in [0.15, 0.2) is 30.3 Å². The zero-order valence-corrected chi connectivity index (χ0v) is 11.0. The van der Waals surface area contributed by atoms with Gasteiger partial charge in [0.05, 0.1) is 0 Å². The average Bonchev–Trinajstić information content (AvgIpc) is 2.38. The number of hydrogen-bond acceptors (Lipinski definition) is 2. The molecule has 0 spiro atoms. The summed E-state index contributed by atoms with van der Waals surface area (Å²) in [5.41, 5.74) is 1.38. The van der Waals surface area contributed by atoms with E-state index in [1.807, 2.05) is 0 Å². The molecule has 94 valence electrons. The third kappa shape index (κ3) is 3.55. The van der Waals surface area contributed by atoms with Crippen LogP contribution >= 0.6 is 0 Å². The predicted molar refractivity (Wildman–Crippen MR) is 73.1 cm³/mol. The van der Waals surface area contributed by atoms with Gasteiger partial charge in [-0.1, -0.05) is 36.8 Å². The molecule has 1 aromatic rings. The maximum Gasteiger partial charge on any atom is 0.0292 e. The van der Waals surface area contributed by atoms with Gasteiger partial charge in [-0.15, -0.1) is 0 Å². The van der Waals surface area contributed by atoms with E-state index in [1.54, 1.807) is 0 Å². The van der Waals surface area contributed by atoms with E-state index in [4.69, 9.17) is 0 Å². The fraction of sp³-hybridized carbons (Fsp3) is 0.600. The molecule has 0 bridgehead atoms. The molecule has 0 aromatic heterocycles. The molecule has 17 heavy (non-hydrogen) atoms. The lowest BCUT2D eigenvalue weighted by atomic mass is 10.0. The molecule has 1 heterocycles. The highest BCUT2D eigenvalue weighted by molar-refractivity contribution is 5.18. The molecule has 1 saturated heterocycles. The van der Waals surface area contributed by atoms with Gasteiger partial charge in [0.15, 0.2) is 0 Å². The van der Waals surface area contributed by atoms with Gasteiger partial charge in [-0.05, 0) is 38.9 Å². The monoisotopic (exact) mass is 232 g/mol. The van der Waals surface area contributed by atoms with Crippen molar-refractivity contribution in [3.8, 4) is 0 Å². The summed E-state index contributed by atoms with van der Waals surface area (Å²) in [7, 11) is 2.25. The minimum atomic E-state index is 0.450. The Morgan fingerprint density at radius 1 is 1.29 bits per heavy atom. The SMILES string of the molecule is C[C@@H](NCC1CCCCN1C)c1ccccc1. The van der Waals surface area contributed by atoms with Gasteiger partial charge < -0.3 is 10.2 Å². The van der Waals surface area contributed by atoms with Crippen LogP contribution in [0.4, 0.5) is 0 Å². The van der Waals surface area contributed by atoms with E-state index in [2.05, 4.69) is 54.5 Å². The minimum absolute atomic E-state index is 0.450. The van der Waals surface area contributed by atoms with Crippen molar-refractivity contribution in [1.29, 1.82) is 0 Å². The summed E-state index contributed by atoms with van der Waals surface area (Å²) in [6.45, 7) is 4.61. The van der Waals surface area contributed by atoms with E-state index in [-0.39, 0.29) is 0 Å². The Labute approximate surface area is 105 Å². The lowest BCUT2D eigenvalue weighted by molar-refractivity contribution is 0.178. The van der Waals surface area contributed by atoms with Gasteiger partial charge in [0.25, 0.3) is 0 Å². The van der Waals surface area contributed by atoms with Gasteiger partial charge in [0, 0.05) is 18.6 Å². The fourth-order valence-electron chi connectivity index (χ4n) is 2.57. The average molecular weight is 232 g/mol. The first-order chi connectivity index (χ1) is 8.27. The summed E-state index contributed by atoms with van der Waals surface area (Å²) in [5, 5.41) is 3.66. The molecule has 0 radical (unpaired) electrons. The van der Waals surface area contributed by atoms with Crippen molar-refractivity contribution in [3.05, 3.63) is 35.9 Å². The molecule has 0 saturated carbocycles. The van der Waals surface area contributed by atoms with Crippen molar-refractivity contribution in [3.63, 3.8) is 0 Å². The molecule has 0 amide bonds. The highest BCUT2D eigenvalue weighted by Gasteiger charge is 2.19. The lowest BCUT2D eigenvalue weighted by Gasteiger charge is -2.33. The molecular weight excluding hydrogens is 208 g/mol. The minimum Gasteiger partial charge on any atom is -0.309 e. The largest absolute Gasteiger partial charge is 0.309 e. The smallest absolute Gasteiger partial charge is 0.0292 e. The van der Waals surface area contributed by atoms with Crippen LogP contribution in [-0.2, 0) is 0 Å². The van der Waals surface area contributed by atoms with Crippen LogP contribution in [0.25, 0.3) is 0 Å². The highest BCUT2D eigenvalue weighted by Crippen LogP contribution is 2.16. The third-order valence-electron chi connectivity index (χ3n) is 3.88. The third-order valence-corrected chi connectivity index (χ3v) is 3.88. The van der Waals surface area contributed by atoms with Gasteiger partial charge in [0.2, 0.25) is 0 Å². The number of rotatable bonds is 4. The molecule has 1 unspecified atom stereocenters. The molecule has 1 aliphatic rings. The Morgan fingerprint density at radius 2 is 2.06 bits per heavy atom. The second kappa shape index (κ2) is 6.18. The molecule has 2 atom stereocenters. The van der Waals surface area contributed by atoms with E-state index < -0.39 is 0 Å². The summed E-state index contributed by atoms with van der Waals surface area (Å²) < 4.78 is 0. The van der Waals surface area contributed by atoms with Gasteiger partial charge >= 0.3 is 0 Å². The van der Waals surface area contributed by atoms with Crippen molar-refractivity contribution in [2.45, 2.75) is 38.3 Å². The van der Waals surface area contributed by atoms with Crippen LogP contribution in [0.1, 0.15) is 37.8 Å². The summed E-state index contributed by atoms with van der Waals surface area (Å²) >= 11 is 0. The van der Waals surface area contributed by atoms with Gasteiger partial charge in [-0.3, -0.25) is 0 Å². The maximum atomic E-state index is 3.66. The molecule has 2 nitrogen and oxygen atoms in total. The van der Waals surface area contributed by atoms with Gasteiger partial charge in [0.1, 0.15) is 0 Å². The Bertz CT molecular complexity index is 323. The molecule has 1 N–H and O–H groups in total. The molecule has 1 fully saturated rings. The topological polar surface area (TPSA) is 15.3 Å². The Hall–Kier alpha value is -0.860. The second-order valence-electron chi connectivity index (χ2n) is 5.17. The summed E-state index contributed by atoms with van der Waals surface area (Å²) in [4.78, 5) is 2.49. The van der Waals surface area contributed by atoms with Crippen LogP contribution in [0.2, 0.25) is 0 Å². The van der Waals surface area contributed by atoms with Crippen molar-refractivity contribution >= 4 is 0 Å². The number of nitrogens with one attached hydrogen (secondary N) is 1. The number of nitrogens with zero attached hydrogens (tertiary/aromatic N) is 1. The first-order valence-corrected chi connectivity index (χ1v) is 6.76. The standard InChI is InChI=1S/C15H24N2/c1-13(14-8-4-3-5-9-14)16-12-15-10-6-7-11-17(15)2/h3-5,8-9,13,15-16H,6-7,10-12H2,1-2H3/t13-,15?/m1/s1. The zero-order chi connectivity index (χ0) is 12.1. The summed E-state index contributed by atoms with van der Waals surface area (Å²) in [6, 6.07) is 11.9. The van der Waals surface area contributed by atoms with E-state index >= 15 is 0 Å². The van der Waals surface area contributed by atoms with E-state index in [0.29, 0.717) is 6.04 Å². The quantitative estimate of drug-likeness (QED) is 0.858. The van der Waals surface area contributed by atoms with Crippen molar-refractivity contribution < 1.29 is 0 Å². The number of benzene rings is 1. The fourth-order valence-corrected chi connectivity index (χ4v) is 2.57. The second-order valence-corrected chi connectivity index (χ2v) is 5.17. The summed E-state index contributed by atoms with van der Waals surface area (Å²) in [6.07, 6.45) is 4.09. The molecule has 0 aliphatic carbocycles. The number of likely N-dealkylation sites (tertiary alicyclic amines) is 1. The normalized spacial score (nSPS) is 23.5. The summed E-state index contributed by atoms with van der Waals surface area (Å²) in [5.74, 6) is 0. The first kappa shape index (κ1) is 12.6. The van der Waals surface area contributed by atoms with Crippen molar-refractivity contribution in [2.75, 3.05) is 20.1 Å². The van der Waals surface area contributed by atoms with Crippen LogP contribution < -0.4 is 5.32 Å². The highest BCUT2D eigenvalue weighted by atomic mass is 15.2. The van der Waals surface area contributed by atoms with E-state index in [0.717, 1.165) is 12.6 Å². The maximum absolute atomic E-state index is 3.66. The zero-order valence-electron chi connectivity index (χ0n) is 11.0. The van der Waals surface area contributed by atoms with E-state index in [1.165, 1.54) is 31.4 Å². The first-order valence-electron chi connectivity index (χ1n) is 6.76. The molecule has 2 rings (SSSR count). The van der Waals surface area contributed by atoms with Crippen LogP contribution in [0.3, 0.4) is 0 Å².